The smallest absolute Gasteiger partial charge is 0.412 e. The average molecular weight is 458 g/mol. The molecule has 0 aliphatic carbocycles. The number of aromatic hydroxyl groups is 1. The molecule has 0 radical (unpaired) electrons. The predicted molar refractivity (Wildman–Crippen MR) is 115 cm³/mol. The second-order valence-corrected chi connectivity index (χ2v) is 7.43. The van der Waals surface area contributed by atoms with Crippen LogP contribution in [0, 0.1) is 0 Å². The van der Waals surface area contributed by atoms with Crippen molar-refractivity contribution in [2.24, 2.45) is 0 Å². The molecule has 0 spiro atoms. The topological polar surface area (TPSA) is 171 Å². The van der Waals surface area contributed by atoms with E-state index in [9.17, 15) is 24.3 Å². The van der Waals surface area contributed by atoms with Crippen LogP contribution in [0.1, 0.15) is 28.5 Å². The van der Waals surface area contributed by atoms with E-state index < -0.39 is 29.1 Å². The first-order valence-corrected chi connectivity index (χ1v) is 10.0. The molecule has 0 bridgehead atoms. The summed E-state index contributed by atoms with van der Waals surface area (Å²) in [5.41, 5.74) is -0.0227. The minimum absolute atomic E-state index is 0.0311. The van der Waals surface area contributed by atoms with Crippen molar-refractivity contribution in [1.29, 1.82) is 0 Å². The highest BCUT2D eigenvalue weighted by atomic mass is 32.1. The number of carbonyl (C=O) groups excluding carboxylic acids is 2. The van der Waals surface area contributed by atoms with Gasteiger partial charge in [-0.1, -0.05) is 24.3 Å². The van der Waals surface area contributed by atoms with Gasteiger partial charge in [-0.15, -0.1) is 11.3 Å². The Morgan fingerprint density at radius 2 is 1.97 bits per heavy atom. The normalized spacial score (nSPS) is 10.4. The van der Waals surface area contributed by atoms with Gasteiger partial charge in [-0.25, -0.2) is 14.6 Å². The van der Waals surface area contributed by atoms with E-state index in [-0.39, 0.29) is 28.9 Å². The molecule has 3 aromatic rings. The molecule has 2 aromatic heterocycles. The van der Waals surface area contributed by atoms with E-state index >= 15 is 0 Å². The van der Waals surface area contributed by atoms with Gasteiger partial charge in [0.1, 0.15) is 6.61 Å². The van der Waals surface area contributed by atoms with E-state index in [0.717, 1.165) is 16.9 Å². The lowest BCUT2D eigenvalue weighted by Crippen LogP contribution is -2.19. The molecule has 5 N–H and O–H groups in total. The van der Waals surface area contributed by atoms with Gasteiger partial charge in [0.25, 0.3) is 5.56 Å². The third-order valence-corrected chi connectivity index (χ3v) is 5.04. The molecule has 2 heterocycles. The zero-order valence-corrected chi connectivity index (χ0v) is 17.5. The zero-order valence-electron chi connectivity index (χ0n) is 16.7. The summed E-state index contributed by atoms with van der Waals surface area (Å²) in [5.74, 6) is -2.85. The summed E-state index contributed by atoms with van der Waals surface area (Å²) in [6.45, 7) is 1.74. The van der Waals surface area contributed by atoms with Crippen LogP contribution in [0.2, 0.25) is 0 Å². The second-order valence-electron chi connectivity index (χ2n) is 6.51. The highest BCUT2D eigenvalue weighted by molar-refractivity contribution is 7.14. The fourth-order valence-corrected chi connectivity index (χ4v) is 3.46. The number of rotatable bonds is 7. The Kier molecular flexibility index (Phi) is 6.85. The molecule has 0 unspecified atom stereocenters. The number of amides is 2. The predicted octanol–water partition coefficient (Wildman–Crippen LogP) is 2.29. The summed E-state index contributed by atoms with van der Waals surface area (Å²) in [6, 6.07) is 8.69. The number of benzene rings is 1. The van der Waals surface area contributed by atoms with Gasteiger partial charge >= 0.3 is 12.1 Å². The number of aromatic nitrogens is 2. The lowest BCUT2D eigenvalue weighted by atomic mass is 10.1. The molecule has 32 heavy (non-hydrogen) atoms. The van der Waals surface area contributed by atoms with Crippen LogP contribution >= 0.6 is 11.3 Å². The first kappa shape index (κ1) is 22.5. The van der Waals surface area contributed by atoms with Crippen LogP contribution in [0.4, 0.5) is 10.5 Å². The standard InChI is InChI=1S/C20H18N4O7S/c1-10(25)21-8-11-3-2-4-12(7-11)9-31-20(30)22-13-5-6-32-16(13)17-23-14(19(28)29)15(26)18(27)24-17/h2-7,26H,8-9H2,1H3,(H,21,25)(H,22,30)(H,28,29)(H,23,24,27). The summed E-state index contributed by atoms with van der Waals surface area (Å²) >= 11 is 1.09. The van der Waals surface area contributed by atoms with Crippen molar-refractivity contribution in [3.63, 3.8) is 0 Å². The van der Waals surface area contributed by atoms with Crippen LogP contribution in [0.5, 0.6) is 5.75 Å². The van der Waals surface area contributed by atoms with Gasteiger partial charge < -0.3 is 25.3 Å². The zero-order chi connectivity index (χ0) is 23.3. The van der Waals surface area contributed by atoms with E-state index in [2.05, 4.69) is 20.6 Å². The Balaban J connectivity index is 1.69. The van der Waals surface area contributed by atoms with Crippen molar-refractivity contribution in [2.45, 2.75) is 20.1 Å². The Bertz CT molecular complexity index is 1230. The highest BCUT2D eigenvalue weighted by Gasteiger charge is 2.20. The number of aromatic amines is 1. The summed E-state index contributed by atoms with van der Waals surface area (Å²) < 4.78 is 5.22. The molecule has 0 fully saturated rings. The Morgan fingerprint density at radius 3 is 2.69 bits per heavy atom. The monoisotopic (exact) mass is 458 g/mol. The molecule has 3 rings (SSSR count). The molecule has 2 amide bonds. The van der Waals surface area contributed by atoms with E-state index in [1.807, 2.05) is 6.07 Å². The van der Waals surface area contributed by atoms with Crippen LogP contribution in [0.25, 0.3) is 10.7 Å². The van der Waals surface area contributed by atoms with Gasteiger partial charge in [-0.2, -0.15) is 0 Å². The molecule has 166 valence electrons. The maximum atomic E-state index is 12.3. The van der Waals surface area contributed by atoms with E-state index in [1.165, 1.54) is 13.0 Å². The van der Waals surface area contributed by atoms with Gasteiger partial charge in [0, 0.05) is 13.5 Å². The maximum absolute atomic E-state index is 12.3. The summed E-state index contributed by atoms with van der Waals surface area (Å²) in [5, 5.41) is 25.5. The van der Waals surface area contributed by atoms with Crippen LogP contribution in [-0.4, -0.2) is 38.2 Å². The number of hydrogen-bond acceptors (Lipinski definition) is 8. The van der Waals surface area contributed by atoms with Crippen LogP contribution < -0.4 is 16.2 Å². The molecule has 11 nitrogen and oxygen atoms in total. The fraction of sp³-hybridized carbons (Fsp3) is 0.150. The lowest BCUT2D eigenvalue weighted by molar-refractivity contribution is -0.119. The number of carboxylic acid groups (broad SMARTS) is 1. The Labute approximate surface area is 184 Å². The van der Waals surface area contributed by atoms with Crippen molar-refractivity contribution >= 4 is 35.0 Å². The highest BCUT2D eigenvalue weighted by Crippen LogP contribution is 2.31. The first-order valence-electron chi connectivity index (χ1n) is 9.15. The van der Waals surface area contributed by atoms with Crippen molar-refractivity contribution in [3.05, 3.63) is 62.9 Å². The van der Waals surface area contributed by atoms with Crippen molar-refractivity contribution in [3.8, 4) is 16.5 Å². The third-order valence-electron chi connectivity index (χ3n) is 4.12. The number of ether oxygens (including phenoxy) is 1. The van der Waals surface area contributed by atoms with E-state index in [1.54, 1.807) is 23.6 Å². The van der Waals surface area contributed by atoms with Crippen molar-refractivity contribution < 1.29 is 29.3 Å². The number of carbonyl (C=O) groups is 3. The van der Waals surface area contributed by atoms with Crippen LogP contribution in [0.15, 0.2) is 40.5 Å². The van der Waals surface area contributed by atoms with E-state index in [4.69, 9.17) is 9.84 Å². The number of anilines is 1. The van der Waals surface area contributed by atoms with Crippen LogP contribution in [0.3, 0.4) is 0 Å². The largest absolute Gasteiger partial charge is 0.501 e. The number of thiophene rings is 1. The SMILES string of the molecule is CC(=O)NCc1cccc(COC(=O)Nc2ccsc2-c2nc(C(=O)O)c(O)c(=O)[nH]2)c1. The summed E-state index contributed by atoms with van der Waals surface area (Å²) in [4.78, 5) is 52.6. The van der Waals surface area contributed by atoms with E-state index in [0.29, 0.717) is 12.1 Å². The molecule has 1 aromatic carbocycles. The number of nitrogens with one attached hydrogen (secondary N) is 3. The average Bonchev–Trinajstić information content (AvgIpc) is 3.20. The molecular weight excluding hydrogens is 440 g/mol. The number of nitrogens with zero attached hydrogens (tertiary/aromatic N) is 1. The first-order chi connectivity index (χ1) is 15.2. The fourth-order valence-electron chi connectivity index (χ4n) is 2.67. The molecule has 12 heteroatoms. The van der Waals surface area contributed by atoms with Crippen LogP contribution in [-0.2, 0) is 22.7 Å². The van der Waals surface area contributed by atoms with Crippen molar-refractivity contribution in [2.75, 3.05) is 5.32 Å². The molecule has 0 saturated heterocycles. The quantitative estimate of drug-likeness (QED) is 0.359. The van der Waals surface area contributed by atoms with Gasteiger partial charge in [0.15, 0.2) is 11.5 Å². The molecule has 0 saturated carbocycles. The number of H-pyrrole nitrogens is 1. The minimum atomic E-state index is -1.57. The minimum Gasteiger partial charge on any atom is -0.501 e. The summed E-state index contributed by atoms with van der Waals surface area (Å²) in [6.07, 6.45) is -0.781. The molecule has 0 aliphatic rings. The van der Waals surface area contributed by atoms with Gasteiger partial charge in [-0.3, -0.25) is 14.9 Å². The Hall–Kier alpha value is -4.19. The second kappa shape index (κ2) is 9.75. The van der Waals surface area contributed by atoms with Gasteiger partial charge in [0.2, 0.25) is 11.7 Å². The lowest BCUT2D eigenvalue weighted by Gasteiger charge is -2.09. The molecular formula is C20H18N4O7S. The van der Waals surface area contributed by atoms with Crippen molar-refractivity contribution in [1.82, 2.24) is 15.3 Å². The van der Waals surface area contributed by atoms with Gasteiger partial charge in [-0.05, 0) is 22.6 Å². The third kappa shape index (κ3) is 5.49. The van der Waals surface area contributed by atoms with Gasteiger partial charge in [0.05, 0.1) is 10.6 Å². The maximum Gasteiger partial charge on any atom is 0.412 e. The number of aromatic carboxylic acids is 1. The Morgan fingerprint density at radius 1 is 1.22 bits per heavy atom. The molecule has 0 aliphatic heterocycles. The number of hydrogen-bond donors (Lipinski definition) is 5. The summed E-state index contributed by atoms with van der Waals surface area (Å²) in [7, 11) is 0. The number of carboxylic acids is 1. The molecule has 0 atom stereocenters.